The fourth-order valence-corrected chi connectivity index (χ4v) is 1.76. The van der Waals surface area contributed by atoms with E-state index in [2.05, 4.69) is 20.5 Å². The summed E-state index contributed by atoms with van der Waals surface area (Å²) in [5, 5.41) is 19.8. The van der Waals surface area contributed by atoms with E-state index in [1.165, 1.54) is 24.5 Å². The number of H-pyrrole nitrogens is 1. The molecule has 110 valence electrons. The lowest BCUT2D eigenvalue weighted by atomic mass is 10.1. The summed E-state index contributed by atoms with van der Waals surface area (Å²) in [7, 11) is 0. The number of rotatable bonds is 6. The van der Waals surface area contributed by atoms with Crippen LogP contribution in [0.2, 0.25) is 0 Å². The van der Waals surface area contributed by atoms with Gasteiger partial charge in [0.1, 0.15) is 12.2 Å². The third-order valence-electron chi connectivity index (χ3n) is 2.83. The zero-order valence-electron chi connectivity index (χ0n) is 11.1. The second kappa shape index (κ2) is 6.46. The summed E-state index contributed by atoms with van der Waals surface area (Å²) in [6.45, 7) is 0.404. The number of hydrogen-bond acceptors (Lipinski definition) is 6. The van der Waals surface area contributed by atoms with E-state index in [-0.39, 0.29) is 16.9 Å². The van der Waals surface area contributed by atoms with Gasteiger partial charge < -0.3 is 11.1 Å². The highest BCUT2D eigenvalue weighted by Gasteiger charge is 2.14. The number of amides is 1. The number of nitro groups is 1. The van der Waals surface area contributed by atoms with Gasteiger partial charge in [-0.1, -0.05) is 0 Å². The zero-order valence-corrected chi connectivity index (χ0v) is 11.1. The second-order valence-corrected chi connectivity index (χ2v) is 4.32. The lowest BCUT2D eigenvalue weighted by Gasteiger charge is -2.07. The van der Waals surface area contributed by atoms with Crippen LogP contribution in [0.5, 0.6) is 0 Å². The Morgan fingerprint density at radius 3 is 2.95 bits per heavy atom. The molecule has 2 rings (SSSR count). The Kier molecular flexibility index (Phi) is 4.44. The van der Waals surface area contributed by atoms with Crippen molar-refractivity contribution in [3.8, 4) is 0 Å². The van der Waals surface area contributed by atoms with Crippen LogP contribution in [0.25, 0.3) is 0 Å². The van der Waals surface area contributed by atoms with Crippen molar-refractivity contribution in [1.29, 1.82) is 0 Å². The Morgan fingerprint density at radius 1 is 1.48 bits per heavy atom. The average Bonchev–Trinajstić information content (AvgIpc) is 2.96. The van der Waals surface area contributed by atoms with Crippen molar-refractivity contribution in [3.05, 3.63) is 46.0 Å². The van der Waals surface area contributed by atoms with Gasteiger partial charge in [-0.2, -0.15) is 5.10 Å². The van der Waals surface area contributed by atoms with E-state index in [1.54, 1.807) is 0 Å². The maximum atomic E-state index is 12.0. The number of aromatic nitrogens is 3. The highest BCUT2D eigenvalue weighted by atomic mass is 16.6. The van der Waals surface area contributed by atoms with Crippen LogP contribution in [0.4, 0.5) is 11.4 Å². The quantitative estimate of drug-likeness (QED) is 0.309. The first-order valence-electron chi connectivity index (χ1n) is 6.24. The summed E-state index contributed by atoms with van der Waals surface area (Å²) in [6.07, 6.45) is 2.72. The summed E-state index contributed by atoms with van der Waals surface area (Å²) < 4.78 is 0. The molecule has 2 aromatic rings. The molecule has 1 heterocycles. The number of nitro benzene ring substituents is 1. The Hall–Kier alpha value is -2.97. The third-order valence-corrected chi connectivity index (χ3v) is 2.83. The van der Waals surface area contributed by atoms with Crippen LogP contribution >= 0.6 is 0 Å². The van der Waals surface area contributed by atoms with Gasteiger partial charge in [0.15, 0.2) is 0 Å². The monoisotopic (exact) mass is 290 g/mol. The van der Waals surface area contributed by atoms with E-state index < -0.39 is 10.8 Å². The molecule has 0 atom stereocenters. The molecule has 0 aliphatic rings. The Morgan fingerprint density at radius 2 is 2.29 bits per heavy atom. The molecule has 0 saturated heterocycles. The van der Waals surface area contributed by atoms with Crippen molar-refractivity contribution in [2.45, 2.75) is 12.8 Å². The normalized spacial score (nSPS) is 10.3. The minimum absolute atomic E-state index is 0.101. The zero-order chi connectivity index (χ0) is 15.2. The van der Waals surface area contributed by atoms with E-state index in [9.17, 15) is 14.9 Å². The first-order chi connectivity index (χ1) is 10.1. The first kappa shape index (κ1) is 14.4. The Balaban J connectivity index is 1.90. The number of hydrogen-bond donors (Lipinski definition) is 3. The van der Waals surface area contributed by atoms with E-state index in [1.807, 2.05) is 0 Å². The van der Waals surface area contributed by atoms with Crippen molar-refractivity contribution in [2.75, 3.05) is 12.3 Å². The van der Waals surface area contributed by atoms with E-state index in [0.29, 0.717) is 19.4 Å². The van der Waals surface area contributed by atoms with Gasteiger partial charge in [-0.05, 0) is 12.5 Å². The van der Waals surface area contributed by atoms with Gasteiger partial charge in [-0.15, -0.1) is 0 Å². The minimum Gasteiger partial charge on any atom is -0.398 e. The van der Waals surface area contributed by atoms with Gasteiger partial charge in [0, 0.05) is 30.8 Å². The molecule has 4 N–H and O–H groups in total. The average molecular weight is 290 g/mol. The van der Waals surface area contributed by atoms with Crippen LogP contribution in [-0.4, -0.2) is 32.6 Å². The number of nitrogens with one attached hydrogen (secondary N) is 2. The van der Waals surface area contributed by atoms with Crippen LogP contribution in [0.1, 0.15) is 22.6 Å². The predicted octanol–water partition coefficient (Wildman–Crippen LogP) is 0.658. The molecule has 9 nitrogen and oxygen atoms in total. The van der Waals surface area contributed by atoms with Crippen molar-refractivity contribution < 1.29 is 9.72 Å². The van der Waals surface area contributed by atoms with E-state index in [4.69, 9.17) is 5.73 Å². The molecule has 0 spiro atoms. The highest BCUT2D eigenvalue weighted by Crippen LogP contribution is 2.19. The summed E-state index contributed by atoms with van der Waals surface area (Å²) in [5.74, 6) is 0.299. The molecule has 0 unspecified atom stereocenters. The highest BCUT2D eigenvalue weighted by molar-refractivity contribution is 5.99. The van der Waals surface area contributed by atoms with Crippen molar-refractivity contribution in [3.63, 3.8) is 0 Å². The maximum Gasteiger partial charge on any atom is 0.270 e. The number of non-ortho nitro benzene ring substituents is 1. The fourth-order valence-electron chi connectivity index (χ4n) is 1.76. The lowest BCUT2D eigenvalue weighted by molar-refractivity contribution is -0.384. The van der Waals surface area contributed by atoms with Gasteiger partial charge in [0.05, 0.1) is 10.5 Å². The maximum absolute atomic E-state index is 12.0. The van der Waals surface area contributed by atoms with Crippen molar-refractivity contribution >= 4 is 17.3 Å². The fraction of sp³-hybridized carbons (Fsp3) is 0.250. The van der Waals surface area contributed by atoms with E-state index in [0.717, 1.165) is 5.82 Å². The molecular weight excluding hydrogens is 276 g/mol. The number of anilines is 1. The number of aryl methyl sites for hydroxylation is 1. The molecule has 9 heteroatoms. The molecule has 0 aliphatic heterocycles. The largest absolute Gasteiger partial charge is 0.398 e. The smallest absolute Gasteiger partial charge is 0.270 e. The van der Waals surface area contributed by atoms with Crippen LogP contribution < -0.4 is 11.1 Å². The van der Waals surface area contributed by atoms with Gasteiger partial charge >= 0.3 is 0 Å². The molecule has 0 radical (unpaired) electrons. The topological polar surface area (TPSA) is 140 Å². The Labute approximate surface area is 119 Å². The summed E-state index contributed by atoms with van der Waals surface area (Å²) in [4.78, 5) is 26.0. The SMILES string of the molecule is Nc1ccc([N+](=O)[O-])cc1C(=O)NCCCc1ncn[nH]1. The summed E-state index contributed by atoms with van der Waals surface area (Å²) >= 11 is 0. The Bertz CT molecular complexity index is 640. The third kappa shape index (κ3) is 3.75. The van der Waals surface area contributed by atoms with Gasteiger partial charge in [0.2, 0.25) is 0 Å². The van der Waals surface area contributed by atoms with Crippen LogP contribution in [0.15, 0.2) is 24.5 Å². The molecule has 0 aliphatic carbocycles. The summed E-state index contributed by atoms with van der Waals surface area (Å²) in [5.41, 5.74) is 5.80. The molecule has 0 fully saturated rings. The standard InChI is InChI=1S/C12H14N6O3/c13-10-4-3-8(18(20)21)6-9(10)12(19)14-5-1-2-11-15-7-16-17-11/h3-4,6-7H,1-2,5,13H2,(H,14,19)(H,15,16,17). The number of nitrogens with zero attached hydrogens (tertiary/aromatic N) is 3. The predicted molar refractivity (Wildman–Crippen MR) is 74.5 cm³/mol. The molecule has 0 saturated carbocycles. The number of carbonyl (C=O) groups excluding carboxylic acids is 1. The van der Waals surface area contributed by atoms with Gasteiger partial charge in [-0.25, -0.2) is 4.98 Å². The number of nitrogen functional groups attached to an aromatic ring is 1. The molecule has 21 heavy (non-hydrogen) atoms. The number of benzene rings is 1. The molecule has 1 amide bonds. The second-order valence-electron chi connectivity index (χ2n) is 4.32. The van der Waals surface area contributed by atoms with Crippen LogP contribution in [0, 0.1) is 10.1 Å². The number of carbonyl (C=O) groups is 1. The molecular formula is C12H14N6O3. The first-order valence-corrected chi connectivity index (χ1v) is 6.24. The molecule has 1 aromatic heterocycles. The lowest BCUT2D eigenvalue weighted by Crippen LogP contribution is -2.25. The van der Waals surface area contributed by atoms with Crippen molar-refractivity contribution in [1.82, 2.24) is 20.5 Å². The number of nitrogens with two attached hydrogens (primary N) is 1. The van der Waals surface area contributed by atoms with Crippen molar-refractivity contribution in [2.24, 2.45) is 0 Å². The molecule has 1 aromatic carbocycles. The minimum atomic E-state index is -0.569. The van der Waals surface area contributed by atoms with Gasteiger partial charge in [-0.3, -0.25) is 20.0 Å². The van der Waals surface area contributed by atoms with Gasteiger partial charge in [0.25, 0.3) is 11.6 Å². The van der Waals surface area contributed by atoms with Crippen LogP contribution in [-0.2, 0) is 6.42 Å². The summed E-state index contributed by atoms with van der Waals surface area (Å²) in [6, 6.07) is 3.78. The number of aromatic amines is 1. The van der Waals surface area contributed by atoms with Crippen LogP contribution in [0.3, 0.4) is 0 Å². The van der Waals surface area contributed by atoms with E-state index >= 15 is 0 Å². The molecule has 0 bridgehead atoms.